The molecule has 0 atom stereocenters. The molecule has 0 bridgehead atoms. The van der Waals surface area contributed by atoms with Crippen LogP contribution in [-0.4, -0.2) is 39.3 Å². The Balaban J connectivity index is 2.21. The number of ether oxygens (including phenoxy) is 1. The predicted molar refractivity (Wildman–Crippen MR) is 115 cm³/mol. The van der Waals surface area contributed by atoms with Crippen LogP contribution in [0.15, 0.2) is 47.4 Å². The minimum absolute atomic E-state index is 0.0568. The number of nitrogens with one attached hydrogen (secondary N) is 1. The lowest BCUT2D eigenvalue weighted by molar-refractivity contribution is 0.0952. The molecule has 8 heteroatoms. The Labute approximate surface area is 177 Å². The summed E-state index contributed by atoms with van der Waals surface area (Å²) in [4.78, 5) is 12.6. The molecular formula is C21H27ClN2O4S. The van der Waals surface area contributed by atoms with Crippen molar-refractivity contribution in [2.75, 3.05) is 20.7 Å². The molecule has 158 valence electrons. The fourth-order valence-electron chi connectivity index (χ4n) is 2.73. The van der Waals surface area contributed by atoms with E-state index in [1.54, 1.807) is 18.2 Å². The molecule has 2 aromatic rings. The Hall–Kier alpha value is -2.09. The van der Waals surface area contributed by atoms with Crippen molar-refractivity contribution in [3.63, 3.8) is 0 Å². The number of nitrogens with zero attached hydrogens (tertiary/aromatic N) is 1. The molecular weight excluding hydrogens is 412 g/mol. The van der Waals surface area contributed by atoms with Crippen LogP contribution in [0.2, 0.25) is 5.02 Å². The molecule has 0 saturated carbocycles. The smallest absolute Gasteiger partial charge is 0.251 e. The summed E-state index contributed by atoms with van der Waals surface area (Å²) in [5.41, 5.74) is 1.06. The zero-order valence-corrected chi connectivity index (χ0v) is 18.7. The summed E-state index contributed by atoms with van der Waals surface area (Å²) in [7, 11) is -0.723. The highest BCUT2D eigenvalue weighted by Gasteiger charge is 2.22. The summed E-state index contributed by atoms with van der Waals surface area (Å²) < 4.78 is 32.2. The number of benzene rings is 2. The maximum atomic E-state index is 12.8. The van der Waals surface area contributed by atoms with E-state index in [4.69, 9.17) is 16.3 Å². The third-order valence-corrected chi connectivity index (χ3v) is 6.53. The number of carbonyl (C=O) groups is 1. The lowest BCUT2D eigenvalue weighted by Gasteiger charge is -2.19. The summed E-state index contributed by atoms with van der Waals surface area (Å²) >= 11 is 5.85. The van der Waals surface area contributed by atoms with Gasteiger partial charge in [0.05, 0.1) is 12.0 Å². The van der Waals surface area contributed by atoms with Gasteiger partial charge in [0.2, 0.25) is 10.0 Å². The first kappa shape index (κ1) is 23.2. The maximum Gasteiger partial charge on any atom is 0.251 e. The van der Waals surface area contributed by atoms with Gasteiger partial charge in [-0.2, -0.15) is 4.31 Å². The van der Waals surface area contributed by atoms with E-state index in [1.807, 2.05) is 0 Å². The van der Waals surface area contributed by atoms with E-state index in [9.17, 15) is 13.2 Å². The Morgan fingerprint density at radius 1 is 1.17 bits per heavy atom. The van der Waals surface area contributed by atoms with E-state index in [0.717, 1.165) is 6.42 Å². The van der Waals surface area contributed by atoms with Crippen molar-refractivity contribution < 1.29 is 17.9 Å². The minimum Gasteiger partial charge on any atom is -0.496 e. The molecule has 0 aliphatic rings. The Morgan fingerprint density at radius 3 is 2.41 bits per heavy atom. The van der Waals surface area contributed by atoms with Crippen molar-refractivity contribution in [1.29, 1.82) is 0 Å². The first-order valence-electron chi connectivity index (χ1n) is 9.32. The Morgan fingerprint density at radius 2 is 1.83 bits per heavy atom. The SMILES string of the molecule is COc1ccc(C(=O)NCCC(C)C)cc1CN(C)S(=O)(=O)c1ccc(Cl)cc1. The Bertz CT molecular complexity index is 944. The topological polar surface area (TPSA) is 75.7 Å². The molecule has 0 fully saturated rings. The van der Waals surface area contributed by atoms with Gasteiger partial charge < -0.3 is 10.1 Å². The van der Waals surface area contributed by atoms with Gasteiger partial charge in [-0.3, -0.25) is 4.79 Å². The molecule has 0 aliphatic heterocycles. The van der Waals surface area contributed by atoms with Crippen LogP contribution in [0.4, 0.5) is 0 Å². The van der Waals surface area contributed by atoms with Gasteiger partial charge in [0.15, 0.2) is 0 Å². The van der Waals surface area contributed by atoms with E-state index < -0.39 is 10.0 Å². The number of amides is 1. The van der Waals surface area contributed by atoms with Gasteiger partial charge in [0.1, 0.15) is 5.75 Å². The van der Waals surface area contributed by atoms with Crippen molar-refractivity contribution in [1.82, 2.24) is 9.62 Å². The maximum absolute atomic E-state index is 12.8. The largest absolute Gasteiger partial charge is 0.496 e. The van der Waals surface area contributed by atoms with Crippen LogP contribution in [0.25, 0.3) is 0 Å². The van der Waals surface area contributed by atoms with Crippen molar-refractivity contribution in [2.45, 2.75) is 31.7 Å². The van der Waals surface area contributed by atoms with E-state index >= 15 is 0 Å². The van der Waals surface area contributed by atoms with Crippen molar-refractivity contribution in [3.05, 3.63) is 58.6 Å². The highest BCUT2D eigenvalue weighted by Crippen LogP contribution is 2.25. The highest BCUT2D eigenvalue weighted by atomic mass is 35.5. The molecule has 0 aliphatic carbocycles. The summed E-state index contributed by atoms with van der Waals surface area (Å²) in [5.74, 6) is 0.813. The number of hydrogen-bond acceptors (Lipinski definition) is 4. The zero-order chi connectivity index (χ0) is 21.6. The van der Waals surface area contributed by atoms with Crippen molar-refractivity contribution in [3.8, 4) is 5.75 Å². The normalized spacial score (nSPS) is 11.7. The van der Waals surface area contributed by atoms with Gasteiger partial charge in [-0.1, -0.05) is 25.4 Å². The average molecular weight is 439 g/mol. The van der Waals surface area contributed by atoms with Gasteiger partial charge in [0, 0.05) is 36.3 Å². The molecule has 0 saturated heterocycles. The standard InChI is InChI=1S/C21H27ClN2O4S/c1-15(2)11-12-23-21(25)16-5-10-20(28-4)17(13-16)14-24(3)29(26,27)19-8-6-18(22)7-9-19/h5-10,13,15H,11-12,14H2,1-4H3,(H,23,25). The van der Waals surface area contributed by atoms with Gasteiger partial charge in [-0.05, 0) is 54.8 Å². The summed E-state index contributed by atoms with van der Waals surface area (Å²) in [5, 5.41) is 3.35. The quantitative estimate of drug-likeness (QED) is 0.643. The van der Waals surface area contributed by atoms with E-state index in [0.29, 0.717) is 34.4 Å². The molecule has 0 unspecified atom stereocenters. The van der Waals surface area contributed by atoms with Crippen LogP contribution in [0.5, 0.6) is 5.75 Å². The van der Waals surface area contributed by atoms with Gasteiger partial charge in [0.25, 0.3) is 5.91 Å². The molecule has 0 aromatic heterocycles. The van der Waals surface area contributed by atoms with Crippen LogP contribution >= 0.6 is 11.6 Å². The third kappa shape index (κ3) is 6.19. The first-order chi connectivity index (χ1) is 13.6. The predicted octanol–water partition coefficient (Wildman–Crippen LogP) is 3.95. The monoisotopic (exact) mass is 438 g/mol. The lowest BCUT2D eigenvalue weighted by Crippen LogP contribution is -2.28. The first-order valence-corrected chi connectivity index (χ1v) is 11.1. The van der Waals surface area contributed by atoms with E-state index in [2.05, 4.69) is 19.2 Å². The summed E-state index contributed by atoms with van der Waals surface area (Å²) in [6, 6.07) is 11.0. The zero-order valence-electron chi connectivity index (χ0n) is 17.1. The second-order valence-electron chi connectivity index (χ2n) is 7.18. The molecule has 6 nitrogen and oxygen atoms in total. The minimum atomic E-state index is -3.72. The van der Waals surface area contributed by atoms with Crippen LogP contribution < -0.4 is 10.1 Å². The number of carbonyl (C=O) groups excluding carboxylic acids is 1. The molecule has 2 rings (SSSR count). The van der Waals surface area contributed by atoms with Crippen LogP contribution in [0, 0.1) is 5.92 Å². The van der Waals surface area contributed by atoms with Crippen LogP contribution in [0.1, 0.15) is 36.2 Å². The fraction of sp³-hybridized carbons (Fsp3) is 0.381. The van der Waals surface area contributed by atoms with E-state index in [1.165, 1.54) is 42.7 Å². The molecule has 0 heterocycles. The molecule has 0 spiro atoms. The van der Waals surface area contributed by atoms with Gasteiger partial charge >= 0.3 is 0 Å². The van der Waals surface area contributed by atoms with E-state index in [-0.39, 0.29) is 17.3 Å². The molecule has 1 N–H and O–H groups in total. The number of hydrogen-bond donors (Lipinski definition) is 1. The van der Waals surface area contributed by atoms with Crippen molar-refractivity contribution >= 4 is 27.5 Å². The molecule has 1 amide bonds. The van der Waals surface area contributed by atoms with Crippen molar-refractivity contribution in [2.24, 2.45) is 5.92 Å². The fourth-order valence-corrected chi connectivity index (χ4v) is 4.01. The number of methoxy groups -OCH3 is 1. The summed E-state index contributed by atoms with van der Waals surface area (Å²) in [6.45, 7) is 4.83. The second kappa shape index (κ2) is 10.1. The highest BCUT2D eigenvalue weighted by molar-refractivity contribution is 7.89. The van der Waals surface area contributed by atoms with Crippen LogP contribution in [0.3, 0.4) is 0 Å². The molecule has 0 radical (unpaired) electrons. The lowest BCUT2D eigenvalue weighted by atomic mass is 10.1. The van der Waals surface area contributed by atoms with Gasteiger partial charge in [-0.25, -0.2) is 8.42 Å². The van der Waals surface area contributed by atoms with Gasteiger partial charge in [-0.15, -0.1) is 0 Å². The molecule has 29 heavy (non-hydrogen) atoms. The number of rotatable bonds is 9. The molecule has 2 aromatic carbocycles. The Kier molecular flexibility index (Phi) is 8.07. The number of halogens is 1. The van der Waals surface area contributed by atoms with Crippen LogP contribution in [-0.2, 0) is 16.6 Å². The third-order valence-electron chi connectivity index (χ3n) is 4.46. The summed E-state index contributed by atoms with van der Waals surface area (Å²) in [6.07, 6.45) is 0.886. The average Bonchev–Trinajstić information content (AvgIpc) is 2.67. The second-order valence-corrected chi connectivity index (χ2v) is 9.66. The number of sulfonamides is 1.